The Morgan fingerprint density at radius 3 is 2.64 bits per heavy atom. The van der Waals surface area contributed by atoms with Gasteiger partial charge in [0.1, 0.15) is 24.3 Å². The largest absolute Gasteiger partial charge is 0.485 e. The van der Waals surface area contributed by atoms with Crippen LogP contribution in [-0.2, 0) is 25.1 Å². The molecule has 3 aromatic heterocycles. The fraction of sp³-hybridized carbons (Fsp3) is 0.500. The Bertz CT molecular complexity index is 1300. The molecule has 36 heavy (non-hydrogen) atoms. The SMILES string of the molecule is CCOc1nccc2c1OC[C@@H](COC)n1c(CS(=O)(=O)[C@@H](C)[C@H](OC)c3ncc(Cl)cn3)nnc1-2. The van der Waals surface area contributed by atoms with E-state index in [1.807, 2.05) is 6.92 Å². The molecule has 1 aliphatic heterocycles. The summed E-state index contributed by atoms with van der Waals surface area (Å²) in [6.45, 7) is 4.23. The fourth-order valence-corrected chi connectivity index (χ4v) is 5.55. The van der Waals surface area contributed by atoms with Crippen molar-refractivity contribution in [1.29, 1.82) is 0 Å². The van der Waals surface area contributed by atoms with Gasteiger partial charge in [-0.2, -0.15) is 0 Å². The van der Waals surface area contributed by atoms with Crippen molar-refractivity contribution in [1.82, 2.24) is 29.7 Å². The zero-order chi connectivity index (χ0) is 25.9. The highest BCUT2D eigenvalue weighted by atomic mass is 35.5. The minimum absolute atomic E-state index is 0.180. The Labute approximate surface area is 213 Å². The first-order valence-corrected chi connectivity index (χ1v) is 13.3. The molecule has 0 fully saturated rings. The minimum Gasteiger partial charge on any atom is -0.485 e. The van der Waals surface area contributed by atoms with Crippen LogP contribution in [0.2, 0.25) is 5.02 Å². The van der Waals surface area contributed by atoms with E-state index in [2.05, 4.69) is 25.1 Å². The Hall–Kier alpha value is -2.87. The lowest BCUT2D eigenvalue weighted by atomic mass is 10.2. The van der Waals surface area contributed by atoms with E-state index in [0.29, 0.717) is 34.6 Å². The highest BCUT2D eigenvalue weighted by Crippen LogP contribution is 2.40. The summed E-state index contributed by atoms with van der Waals surface area (Å²) in [7, 11) is -0.845. The summed E-state index contributed by atoms with van der Waals surface area (Å²) < 4.78 is 51.3. The molecule has 3 aromatic rings. The van der Waals surface area contributed by atoms with E-state index in [9.17, 15) is 8.42 Å². The topological polar surface area (TPSA) is 140 Å². The third-order valence-corrected chi connectivity index (χ3v) is 8.01. The van der Waals surface area contributed by atoms with Crippen LogP contribution in [0.1, 0.15) is 37.6 Å². The van der Waals surface area contributed by atoms with Crippen LogP contribution < -0.4 is 9.47 Å². The highest BCUT2D eigenvalue weighted by Gasteiger charge is 2.36. The average Bonchev–Trinajstić information content (AvgIpc) is 3.18. The predicted molar refractivity (Wildman–Crippen MR) is 130 cm³/mol. The number of ether oxygens (including phenoxy) is 4. The van der Waals surface area contributed by atoms with Crippen molar-refractivity contribution >= 4 is 21.4 Å². The number of pyridine rings is 1. The van der Waals surface area contributed by atoms with Crippen LogP contribution >= 0.6 is 11.6 Å². The summed E-state index contributed by atoms with van der Waals surface area (Å²) in [6.07, 6.45) is 3.46. The second-order valence-electron chi connectivity index (χ2n) is 8.08. The van der Waals surface area contributed by atoms with E-state index in [1.54, 1.807) is 30.9 Å². The van der Waals surface area contributed by atoms with E-state index in [0.717, 1.165) is 0 Å². The number of hydrogen-bond acceptors (Lipinski definition) is 11. The number of hydrogen-bond donors (Lipinski definition) is 0. The molecule has 0 radical (unpaired) electrons. The third kappa shape index (κ3) is 5.14. The van der Waals surface area contributed by atoms with Gasteiger partial charge >= 0.3 is 0 Å². The molecular weight excluding hydrogens is 512 g/mol. The van der Waals surface area contributed by atoms with E-state index in [-0.39, 0.29) is 30.9 Å². The zero-order valence-electron chi connectivity index (χ0n) is 20.3. The Morgan fingerprint density at radius 1 is 1.22 bits per heavy atom. The van der Waals surface area contributed by atoms with Gasteiger partial charge in [0.15, 0.2) is 27.2 Å². The predicted octanol–water partition coefficient (Wildman–Crippen LogP) is 2.45. The Morgan fingerprint density at radius 2 is 1.97 bits per heavy atom. The maximum Gasteiger partial charge on any atom is 0.257 e. The van der Waals surface area contributed by atoms with Crippen molar-refractivity contribution in [2.45, 2.75) is 37.0 Å². The van der Waals surface area contributed by atoms with Crippen molar-refractivity contribution in [2.75, 3.05) is 34.0 Å². The summed E-state index contributed by atoms with van der Waals surface area (Å²) in [5.74, 6) is 1.26. The second-order valence-corrected chi connectivity index (χ2v) is 10.9. The molecule has 0 N–H and O–H groups in total. The van der Waals surface area contributed by atoms with Crippen LogP contribution in [0.25, 0.3) is 11.4 Å². The molecule has 4 heterocycles. The molecule has 3 atom stereocenters. The second kappa shape index (κ2) is 11.0. The van der Waals surface area contributed by atoms with Crippen LogP contribution in [0, 0.1) is 0 Å². The first kappa shape index (κ1) is 26.2. The number of halogens is 1. The monoisotopic (exact) mass is 538 g/mol. The molecule has 0 aromatic carbocycles. The molecule has 4 rings (SSSR count). The molecule has 0 unspecified atom stereocenters. The van der Waals surface area contributed by atoms with Crippen LogP contribution in [0.15, 0.2) is 24.7 Å². The molecule has 0 aliphatic carbocycles. The highest BCUT2D eigenvalue weighted by molar-refractivity contribution is 7.91. The number of fused-ring (bicyclic) bond motifs is 3. The number of aromatic nitrogens is 6. The van der Waals surface area contributed by atoms with Gasteiger partial charge < -0.3 is 23.5 Å². The summed E-state index contributed by atoms with van der Waals surface area (Å²) in [6, 6.07) is 1.34. The van der Waals surface area contributed by atoms with Gasteiger partial charge in [0.05, 0.1) is 35.1 Å². The molecule has 0 saturated carbocycles. The van der Waals surface area contributed by atoms with E-state index >= 15 is 0 Å². The average molecular weight is 539 g/mol. The first-order valence-electron chi connectivity index (χ1n) is 11.2. The van der Waals surface area contributed by atoms with E-state index in [1.165, 1.54) is 19.5 Å². The van der Waals surface area contributed by atoms with Crippen molar-refractivity contribution < 1.29 is 27.4 Å². The number of sulfone groups is 1. The maximum atomic E-state index is 13.5. The van der Waals surface area contributed by atoms with Crippen LogP contribution in [-0.4, -0.2) is 77.4 Å². The summed E-state index contributed by atoms with van der Waals surface area (Å²) in [5, 5.41) is 7.93. The first-order chi connectivity index (χ1) is 17.3. The Balaban J connectivity index is 1.72. The summed E-state index contributed by atoms with van der Waals surface area (Å²) >= 11 is 5.87. The standard InChI is InChI=1S/C22H27ClN6O6S/c1-5-34-22-19-16(6-7-24-22)21-28-27-17(29(21)15(10-32-3)11-35-19)12-36(30,31)13(2)18(33-4)20-25-8-14(23)9-26-20/h6-9,13,15,18H,5,10-12H2,1-4H3/t13-,15+,18-/m0/s1. The van der Waals surface area contributed by atoms with Crippen LogP contribution in [0.3, 0.4) is 0 Å². The third-order valence-electron chi connectivity index (χ3n) is 5.78. The molecule has 1 aliphatic rings. The van der Waals surface area contributed by atoms with Crippen LogP contribution in [0.5, 0.6) is 11.6 Å². The lowest BCUT2D eigenvalue weighted by Crippen LogP contribution is -2.31. The van der Waals surface area contributed by atoms with Crippen molar-refractivity contribution in [3.05, 3.63) is 41.3 Å². The van der Waals surface area contributed by atoms with Gasteiger partial charge in [-0.1, -0.05) is 11.6 Å². The van der Waals surface area contributed by atoms with Crippen molar-refractivity contribution in [2.24, 2.45) is 0 Å². The summed E-state index contributed by atoms with van der Waals surface area (Å²) in [5.41, 5.74) is 0.598. The molecule has 0 spiro atoms. The van der Waals surface area contributed by atoms with Gasteiger partial charge in [0.25, 0.3) is 5.88 Å². The lowest BCUT2D eigenvalue weighted by molar-refractivity contribution is 0.0947. The van der Waals surface area contributed by atoms with Gasteiger partial charge in [-0.05, 0) is 19.9 Å². The molecular formula is C22H27ClN6O6S. The van der Waals surface area contributed by atoms with Crippen LogP contribution in [0.4, 0.5) is 0 Å². The summed E-state index contributed by atoms with van der Waals surface area (Å²) in [4.78, 5) is 12.5. The van der Waals surface area contributed by atoms with Crippen molar-refractivity contribution in [3.8, 4) is 23.0 Å². The molecule has 194 valence electrons. The van der Waals surface area contributed by atoms with Gasteiger partial charge in [0.2, 0.25) is 0 Å². The molecule has 0 saturated heterocycles. The fourth-order valence-electron chi connectivity index (χ4n) is 4.02. The molecule has 0 bridgehead atoms. The zero-order valence-corrected chi connectivity index (χ0v) is 21.9. The van der Waals surface area contributed by atoms with Gasteiger partial charge in [-0.25, -0.2) is 23.4 Å². The smallest absolute Gasteiger partial charge is 0.257 e. The van der Waals surface area contributed by atoms with Gasteiger partial charge in [0, 0.05) is 32.8 Å². The lowest BCUT2D eigenvalue weighted by Gasteiger charge is -2.23. The molecule has 0 amide bonds. The normalized spacial score (nSPS) is 16.9. The van der Waals surface area contributed by atoms with Crippen molar-refractivity contribution in [3.63, 3.8) is 0 Å². The van der Waals surface area contributed by atoms with E-state index in [4.69, 9.17) is 30.5 Å². The Kier molecular flexibility index (Phi) is 8.03. The molecule has 12 nitrogen and oxygen atoms in total. The maximum absolute atomic E-state index is 13.5. The number of methoxy groups -OCH3 is 2. The number of nitrogens with zero attached hydrogens (tertiary/aromatic N) is 6. The van der Waals surface area contributed by atoms with Gasteiger partial charge in [-0.15, -0.1) is 10.2 Å². The number of rotatable bonds is 10. The quantitative estimate of drug-likeness (QED) is 0.375. The van der Waals surface area contributed by atoms with Gasteiger partial charge in [-0.3, -0.25) is 0 Å². The minimum atomic E-state index is -3.81. The van der Waals surface area contributed by atoms with E-state index < -0.39 is 26.9 Å². The molecule has 14 heteroatoms.